The molecule has 2 heterocycles. The Hall–Kier alpha value is -1.68. The van der Waals surface area contributed by atoms with E-state index < -0.39 is 0 Å². The molecule has 0 saturated carbocycles. The summed E-state index contributed by atoms with van der Waals surface area (Å²) >= 11 is 0. The van der Waals surface area contributed by atoms with Gasteiger partial charge < -0.3 is 10.3 Å². The van der Waals surface area contributed by atoms with E-state index in [1.54, 1.807) is 0 Å². The smallest absolute Gasteiger partial charge is 0.164 e. The van der Waals surface area contributed by atoms with Gasteiger partial charge in [0, 0.05) is 24.6 Å². The Kier molecular flexibility index (Phi) is 2.67. The molecule has 1 atom stereocenters. The zero-order valence-electron chi connectivity index (χ0n) is 10.8. The molecule has 1 aliphatic heterocycles. The number of nitrogens with zero attached hydrogens (tertiary/aromatic N) is 3. The molecule has 2 aromatic rings. The Labute approximate surface area is 107 Å². The quantitative estimate of drug-likeness (QED) is 0.830. The van der Waals surface area contributed by atoms with Crippen LogP contribution in [0, 0.1) is 13.8 Å². The van der Waals surface area contributed by atoms with Crippen molar-refractivity contribution in [3.63, 3.8) is 0 Å². The molecule has 1 aliphatic rings. The molecule has 0 amide bonds. The first-order valence-corrected chi connectivity index (χ1v) is 6.41. The molecule has 94 valence electrons. The standard InChI is InChI=1S/C14H18N4/c1-9-4-3-5-12(10(9)2)14-17-16-13-7-6-11(15)8-18(13)14/h3-5,11H,6-8,15H2,1-2H3. The molecule has 0 saturated heterocycles. The van der Waals surface area contributed by atoms with Crippen molar-refractivity contribution in [3.05, 3.63) is 35.2 Å². The van der Waals surface area contributed by atoms with Crippen LogP contribution in [0.4, 0.5) is 0 Å². The minimum Gasteiger partial charge on any atom is -0.326 e. The number of aromatic nitrogens is 3. The molecule has 0 aliphatic carbocycles. The molecule has 1 aromatic heterocycles. The largest absolute Gasteiger partial charge is 0.326 e. The van der Waals surface area contributed by atoms with Gasteiger partial charge in [0.15, 0.2) is 5.82 Å². The lowest BCUT2D eigenvalue weighted by molar-refractivity contribution is 0.456. The first-order chi connectivity index (χ1) is 8.66. The van der Waals surface area contributed by atoms with E-state index in [9.17, 15) is 0 Å². The molecule has 0 spiro atoms. The van der Waals surface area contributed by atoms with Crippen molar-refractivity contribution < 1.29 is 0 Å². The van der Waals surface area contributed by atoms with Crippen LogP contribution in [-0.4, -0.2) is 20.8 Å². The average Bonchev–Trinajstić information content (AvgIpc) is 2.75. The van der Waals surface area contributed by atoms with E-state index in [4.69, 9.17) is 5.73 Å². The fraction of sp³-hybridized carbons (Fsp3) is 0.429. The number of aryl methyl sites for hydroxylation is 2. The van der Waals surface area contributed by atoms with Crippen molar-refractivity contribution >= 4 is 0 Å². The maximum atomic E-state index is 6.05. The van der Waals surface area contributed by atoms with Gasteiger partial charge in [-0.15, -0.1) is 10.2 Å². The summed E-state index contributed by atoms with van der Waals surface area (Å²) < 4.78 is 2.18. The highest BCUT2D eigenvalue weighted by Gasteiger charge is 2.22. The van der Waals surface area contributed by atoms with Crippen molar-refractivity contribution in [1.82, 2.24) is 14.8 Å². The second-order valence-corrected chi connectivity index (χ2v) is 5.10. The third-order valence-corrected chi connectivity index (χ3v) is 3.83. The van der Waals surface area contributed by atoms with Gasteiger partial charge in [0.2, 0.25) is 0 Å². The number of hydrogen-bond donors (Lipinski definition) is 1. The third-order valence-electron chi connectivity index (χ3n) is 3.83. The zero-order valence-corrected chi connectivity index (χ0v) is 10.8. The fourth-order valence-electron chi connectivity index (χ4n) is 2.54. The molecular formula is C14H18N4. The summed E-state index contributed by atoms with van der Waals surface area (Å²) in [6.45, 7) is 5.08. The van der Waals surface area contributed by atoms with Crippen LogP contribution in [0.15, 0.2) is 18.2 Å². The molecule has 1 unspecified atom stereocenters. The molecule has 3 rings (SSSR count). The van der Waals surface area contributed by atoms with E-state index in [1.807, 2.05) is 0 Å². The zero-order chi connectivity index (χ0) is 12.7. The summed E-state index contributed by atoms with van der Waals surface area (Å²) in [5, 5.41) is 8.66. The molecule has 18 heavy (non-hydrogen) atoms. The fourth-order valence-corrected chi connectivity index (χ4v) is 2.54. The maximum Gasteiger partial charge on any atom is 0.164 e. The number of nitrogens with two attached hydrogens (primary N) is 1. The molecule has 4 nitrogen and oxygen atoms in total. The van der Waals surface area contributed by atoms with E-state index in [2.05, 4.69) is 46.8 Å². The van der Waals surface area contributed by atoms with E-state index in [0.717, 1.165) is 31.0 Å². The van der Waals surface area contributed by atoms with Crippen molar-refractivity contribution in [2.45, 2.75) is 39.3 Å². The van der Waals surface area contributed by atoms with E-state index >= 15 is 0 Å². The minimum absolute atomic E-state index is 0.220. The van der Waals surface area contributed by atoms with Crippen molar-refractivity contribution in [1.29, 1.82) is 0 Å². The summed E-state index contributed by atoms with van der Waals surface area (Å²) in [5.41, 5.74) is 9.77. The average molecular weight is 242 g/mol. The van der Waals surface area contributed by atoms with Crippen LogP contribution >= 0.6 is 0 Å². The van der Waals surface area contributed by atoms with Gasteiger partial charge in [0.25, 0.3) is 0 Å². The van der Waals surface area contributed by atoms with Gasteiger partial charge in [0.1, 0.15) is 5.82 Å². The van der Waals surface area contributed by atoms with Crippen molar-refractivity contribution in [2.75, 3.05) is 0 Å². The predicted molar refractivity (Wildman–Crippen MR) is 71.2 cm³/mol. The molecule has 1 aromatic carbocycles. The van der Waals surface area contributed by atoms with Crippen LogP contribution in [0.25, 0.3) is 11.4 Å². The first-order valence-electron chi connectivity index (χ1n) is 6.41. The number of rotatable bonds is 1. The summed E-state index contributed by atoms with van der Waals surface area (Å²) in [4.78, 5) is 0. The van der Waals surface area contributed by atoms with Crippen LogP contribution in [0.2, 0.25) is 0 Å². The Morgan fingerprint density at radius 1 is 1.28 bits per heavy atom. The van der Waals surface area contributed by atoms with Gasteiger partial charge in [-0.3, -0.25) is 0 Å². The first kappa shape index (κ1) is 11.4. The van der Waals surface area contributed by atoms with Crippen LogP contribution < -0.4 is 5.73 Å². The minimum atomic E-state index is 0.220. The monoisotopic (exact) mass is 242 g/mol. The van der Waals surface area contributed by atoms with Crippen LogP contribution in [0.3, 0.4) is 0 Å². The van der Waals surface area contributed by atoms with Crippen molar-refractivity contribution in [2.24, 2.45) is 5.73 Å². The molecule has 0 bridgehead atoms. The second kappa shape index (κ2) is 4.21. The Morgan fingerprint density at radius 2 is 2.11 bits per heavy atom. The molecule has 0 fully saturated rings. The van der Waals surface area contributed by atoms with Gasteiger partial charge in [-0.2, -0.15) is 0 Å². The molecular weight excluding hydrogens is 224 g/mol. The highest BCUT2D eigenvalue weighted by atomic mass is 15.3. The highest BCUT2D eigenvalue weighted by molar-refractivity contribution is 5.62. The van der Waals surface area contributed by atoms with Gasteiger partial charge in [-0.1, -0.05) is 18.2 Å². The van der Waals surface area contributed by atoms with Gasteiger partial charge in [0.05, 0.1) is 0 Å². The second-order valence-electron chi connectivity index (χ2n) is 5.10. The van der Waals surface area contributed by atoms with E-state index in [1.165, 1.54) is 16.7 Å². The summed E-state index contributed by atoms with van der Waals surface area (Å²) in [6.07, 6.45) is 1.93. The summed E-state index contributed by atoms with van der Waals surface area (Å²) in [7, 11) is 0. The van der Waals surface area contributed by atoms with Gasteiger partial charge >= 0.3 is 0 Å². The predicted octanol–water partition coefficient (Wildman–Crippen LogP) is 1.84. The number of fused-ring (bicyclic) bond motifs is 1. The number of benzene rings is 1. The topological polar surface area (TPSA) is 56.7 Å². The lowest BCUT2D eigenvalue weighted by Gasteiger charge is -2.21. The van der Waals surface area contributed by atoms with Gasteiger partial charge in [-0.05, 0) is 31.4 Å². The van der Waals surface area contributed by atoms with Crippen LogP contribution in [-0.2, 0) is 13.0 Å². The van der Waals surface area contributed by atoms with Crippen LogP contribution in [0.1, 0.15) is 23.4 Å². The van der Waals surface area contributed by atoms with E-state index in [-0.39, 0.29) is 6.04 Å². The highest BCUT2D eigenvalue weighted by Crippen LogP contribution is 2.26. The Bertz CT molecular complexity index is 585. The molecule has 2 N–H and O–H groups in total. The lowest BCUT2D eigenvalue weighted by atomic mass is 10.0. The Morgan fingerprint density at radius 3 is 2.94 bits per heavy atom. The molecule has 0 radical (unpaired) electrons. The molecule has 4 heteroatoms. The van der Waals surface area contributed by atoms with Crippen molar-refractivity contribution in [3.8, 4) is 11.4 Å². The van der Waals surface area contributed by atoms with E-state index in [0.29, 0.717) is 0 Å². The summed E-state index contributed by atoms with van der Waals surface area (Å²) in [5.74, 6) is 2.02. The normalized spacial score (nSPS) is 18.7. The maximum absolute atomic E-state index is 6.05. The SMILES string of the molecule is Cc1cccc(-c2nnc3n2CC(N)CC3)c1C. The van der Waals surface area contributed by atoms with Gasteiger partial charge in [-0.25, -0.2) is 0 Å². The lowest BCUT2D eigenvalue weighted by Crippen LogP contribution is -2.32. The number of hydrogen-bond acceptors (Lipinski definition) is 3. The summed E-state index contributed by atoms with van der Waals surface area (Å²) in [6, 6.07) is 6.53. The third kappa shape index (κ3) is 1.73. The van der Waals surface area contributed by atoms with Crippen LogP contribution in [0.5, 0.6) is 0 Å². The Balaban J connectivity index is 2.13.